The Labute approximate surface area is 268 Å². The summed E-state index contributed by atoms with van der Waals surface area (Å²) in [6, 6.07) is 13.2. The second kappa shape index (κ2) is 23.7. The molecule has 1 aromatic heterocycles. The van der Waals surface area contributed by atoms with Crippen LogP contribution in [-0.2, 0) is 14.3 Å². The molecule has 1 amide bonds. The van der Waals surface area contributed by atoms with E-state index in [4.69, 9.17) is 19.1 Å². The van der Waals surface area contributed by atoms with Gasteiger partial charge in [0.05, 0.1) is 6.10 Å². The highest BCUT2D eigenvalue weighted by Gasteiger charge is 2.23. The Kier molecular flexibility index (Phi) is 22.9. The number of anilines is 1. The standard InChI is InChI=1S/C19H24N2O.C11H23NO2.C2H3F3.2CH2O/c1-14-3-5-16(6-4-14)21-17-7-9-18(10-8-17)22-19-11-12-20-15(2)13-19;1-6-8-12(9-7-2)10(13)14-11(3,4)5;1-2(3,4)5;2*1-2/h3-6,11-13,17-18,21H,7-10H2,1-2H3;6-9H2,1-5H3;1H3;2*1H2. The van der Waals surface area contributed by atoms with Crippen molar-refractivity contribution in [3.8, 4) is 5.75 Å². The van der Waals surface area contributed by atoms with E-state index in [0.29, 0.717) is 12.1 Å². The van der Waals surface area contributed by atoms with E-state index in [9.17, 15) is 18.0 Å². The van der Waals surface area contributed by atoms with Crippen LogP contribution in [0.15, 0.2) is 42.6 Å². The van der Waals surface area contributed by atoms with Gasteiger partial charge in [-0.2, -0.15) is 13.2 Å². The lowest BCUT2D eigenvalue weighted by Crippen LogP contribution is -2.37. The van der Waals surface area contributed by atoms with Crippen LogP contribution in [0.4, 0.5) is 23.7 Å². The van der Waals surface area contributed by atoms with Crippen molar-refractivity contribution in [1.29, 1.82) is 0 Å². The maximum Gasteiger partial charge on any atom is 0.410 e. The number of rotatable bonds is 8. The fraction of sp³-hybridized carbons (Fsp3) is 0.588. The van der Waals surface area contributed by atoms with Gasteiger partial charge in [-0.3, -0.25) is 4.98 Å². The molecule has 1 N–H and O–H groups in total. The molecular formula is C34H54F3N3O5. The molecule has 0 atom stereocenters. The number of ether oxygens (including phenoxy) is 2. The van der Waals surface area contributed by atoms with E-state index in [1.165, 1.54) is 11.3 Å². The topological polar surface area (TPSA) is 97.8 Å². The Bertz CT molecular complexity index is 1020. The van der Waals surface area contributed by atoms with Crippen LogP contribution in [0.25, 0.3) is 0 Å². The van der Waals surface area contributed by atoms with E-state index < -0.39 is 11.8 Å². The lowest BCUT2D eigenvalue weighted by molar-refractivity contribution is -0.110. The number of alkyl halides is 3. The number of hydrogen-bond acceptors (Lipinski definition) is 7. The molecule has 1 fully saturated rings. The fourth-order valence-electron chi connectivity index (χ4n) is 4.16. The SMILES string of the molecule is C=O.C=O.CC(F)(F)F.CCCN(CCC)C(=O)OC(C)(C)C.Cc1ccc(NC2CCC(Oc3ccnc(C)c3)CC2)cc1. The highest BCUT2D eigenvalue weighted by molar-refractivity contribution is 5.68. The molecule has 0 bridgehead atoms. The predicted octanol–water partition coefficient (Wildman–Crippen LogP) is 8.74. The van der Waals surface area contributed by atoms with Crippen LogP contribution in [0.1, 0.15) is 91.3 Å². The summed E-state index contributed by atoms with van der Waals surface area (Å²) < 4.78 is 42.4. The number of nitrogens with zero attached hydrogens (tertiary/aromatic N) is 2. The quantitative estimate of drug-likeness (QED) is 0.308. The molecule has 1 aromatic carbocycles. The van der Waals surface area contributed by atoms with Crippen molar-refractivity contribution in [2.75, 3.05) is 18.4 Å². The minimum atomic E-state index is -4.00. The third-order valence-electron chi connectivity index (χ3n) is 5.91. The number of carbonyl (C=O) groups is 3. The smallest absolute Gasteiger partial charge is 0.410 e. The Balaban J connectivity index is 0. The van der Waals surface area contributed by atoms with Gasteiger partial charge in [0.25, 0.3) is 0 Å². The number of nitrogens with one attached hydrogen (secondary N) is 1. The third-order valence-corrected chi connectivity index (χ3v) is 5.91. The summed E-state index contributed by atoms with van der Waals surface area (Å²) in [5, 5.41) is 3.64. The Hall–Kier alpha value is -3.63. The minimum absolute atomic E-state index is 0.188. The molecule has 1 aliphatic rings. The fourth-order valence-corrected chi connectivity index (χ4v) is 4.16. The van der Waals surface area contributed by atoms with Crippen molar-refractivity contribution < 1.29 is 37.0 Å². The van der Waals surface area contributed by atoms with Gasteiger partial charge in [0.15, 0.2) is 0 Å². The second-order valence-corrected chi connectivity index (χ2v) is 11.5. The van der Waals surface area contributed by atoms with Gasteiger partial charge in [0.2, 0.25) is 0 Å². The molecule has 0 unspecified atom stereocenters. The zero-order valence-corrected chi connectivity index (χ0v) is 28.3. The van der Waals surface area contributed by atoms with E-state index in [2.05, 4.69) is 55.3 Å². The molecule has 11 heteroatoms. The first-order chi connectivity index (χ1) is 21.1. The van der Waals surface area contributed by atoms with E-state index in [1.54, 1.807) is 4.90 Å². The first kappa shape index (κ1) is 43.5. The number of benzene rings is 1. The molecule has 0 radical (unpaired) electrons. The third kappa shape index (κ3) is 24.4. The summed E-state index contributed by atoms with van der Waals surface area (Å²) in [5.74, 6) is 0.947. The predicted molar refractivity (Wildman–Crippen MR) is 175 cm³/mol. The minimum Gasteiger partial charge on any atom is -0.490 e. The van der Waals surface area contributed by atoms with Crippen LogP contribution >= 0.6 is 0 Å². The highest BCUT2D eigenvalue weighted by atomic mass is 19.4. The molecule has 0 aliphatic heterocycles. The van der Waals surface area contributed by atoms with Crippen molar-refractivity contribution in [2.45, 2.75) is 118 Å². The number of aromatic nitrogens is 1. The van der Waals surface area contributed by atoms with Gasteiger partial charge in [-0.25, -0.2) is 4.79 Å². The number of pyridine rings is 1. The van der Waals surface area contributed by atoms with Crippen LogP contribution in [0.2, 0.25) is 0 Å². The molecule has 8 nitrogen and oxygen atoms in total. The molecule has 256 valence electrons. The summed E-state index contributed by atoms with van der Waals surface area (Å²) >= 11 is 0. The highest BCUT2D eigenvalue weighted by Crippen LogP contribution is 2.26. The maximum atomic E-state index is 11.6. The molecule has 2 aromatic rings. The summed E-state index contributed by atoms with van der Waals surface area (Å²) in [7, 11) is 0. The van der Waals surface area contributed by atoms with Gasteiger partial charge in [-0.05, 0) is 91.3 Å². The van der Waals surface area contributed by atoms with Crippen LogP contribution in [0.3, 0.4) is 0 Å². The average molecular weight is 642 g/mol. The van der Waals surface area contributed by atoms with Crippen LogP contribution < -0.4 is 10.1 Å². The zero-order valence-electron chi connectivity index (χ0n) is 28.3. The summed E-state index contributed by atoms with van der Waals surface area (Å²) in [6.07, 6.45) is 4.41. The van der Waals surface area contributed by atoms with E-state index in [1.807, 2.05) is 59.6 Å². The van der Waals surface area contributed by atoms with Crippen LogP contribution in [-0.4, -0.2) is 66.6 Å². The van der Waals surface area contributed by atoms with Crippen LogP contribution in [0.5, 0.6) is 5.75 Å². The van der Waals surface area contributed by atoms with Crippen molar-refractivity contribution >= 4 is 25.4 Å². The van der Waals surface area contributed by atoms with E-state index in [0.717, 1.165) is 63.1 Å². The molecule has 1 saturated carbocycles. The van der Waals surface area contributed by atoms with Gasteiger partial charge in [-0.1, -0.05) is 31.5 Å². The second-order valence-electron chi connectivity index (χ2n) is 11.5. The molecule has 0 saturated heterocycles. The largest absolute Gasteiger partial charge is 0.490 e. The lowest BCUT2D eigenvalue weighted by atomic mass is 9.92. The Morgan fingerprint density at radius 1 is 0.911 bits per heavy atom. The number of hydrogen-bond donors (Lipinski definition) is 1. The number of amides is 1. The van der Waals surface area contributed by atoms with Crippen molar-refractivity contribution in [2.24, 2.45) is 0 Å². The van der Waals surface area contributed by atoms with Gasteiger partial charge in [0.1, 0.15) is 24.9 Å². The van der Waals surface area contributed by atoms with Crippen molar-refractivity contribution in [3.63, 3.8) is 0 Å². The van der Waals surface area contributed by atoms with Crippen LogP contribution in [0, 0.1) is 13.8 Å². The Morgan fingerprint density at radius 3 is 1.82 bits per heavy atom. The summed E-state index contributed by atoms with van der Waals surface area (Å²) in [6.45, 7) is 19.7. The number of halogens is 3. The summed E-state index contributed by atoms with van der Waals surface area (Å²) in [5.41, 5.74) is 3.14. The van der Waals surface area contributed by atoms with E-state index in [-0.39, 0.29) is 13.0 Å². The van der Waals surface area contributed by atoms with E-state index >= 15 is 0 Å². The van der Waals surface area contributed by atoms with Gasteiger partial charge >= 0.3 is 12.3 Å². The molecule has 3 rings (SSSR count). The first-order valence-electron chi connectivity index (χ1n) is 15.1. The van der Waals surface area contributed by atoms with Crippen molar-refractivity contribution in [3.05, 3.63) is 53.9 Å². The molecule has 45 heavy (non-hydrogen) atoms. The maximum absolute atomic E-state index is 11.6. The van der Waals surface area contributed by atoms with Gasteiger partial charge < -0.3 is 29.3 Å². The van der Waals surface area contributed by atoms with Gasteiger partial charge in [-0.15, -0.1) is 0 Å². The van der Waals surface area contributed by atoms with Gasteiger partial charge in [0, 0.05) is 49.7 Å². The molecular weight excluding hydrogens is 587 g/mol. The van der Waals surface area contributed by atoms with Crippen molar-refractivity contribution in [1.82, 2.24) is 9.88 Å². The molecule has 1 aliphatic carbocycles. The molecule has 0 spiro atoms. The average Bonchev–Trinajstić information content (AvgIpc) is 2.96. The lowest BCUT2D eigenvalue weighted by Gasteiger charge is -2.30. The summed E-state index contributed by atoms with van der Waals surface area (Å²) in [4.78, 5) is 33.6. The molecule has 1 heterocycles. The Morgan fingerprint density at radius 2 is 1.40 bits per heavy atom. The normalized spacial score (nSPS) is 15.4. The number of carbonyl (C=O) groups excluding carboxylic acids is 3. The monoisotopic (exact) mass is 641 g/mol. The zero-order chi connectivity index (χ0) is 35.1. The number of aryl methyl sites for hydroxylation is 2. The first-order valence-corrected chi connectivity index (χ1v) is 15.1.